The van der Waals surface area contributed by atoms with Gasteiger partial charge in [-0.1, -0.05) is 24.3 Å². The zero-order valence-electron chi connectivity index (χ0n) is 16.9. The van der Waals surface area contributed by atoms with Crippen molar-refractivity contribution >= 4 is 17.4 Å². The average molecular weight is 410 g/mol. The van der Waals surface area contributed by atoms with E-state index in [0.29, 0.717) is 29.4 Å². The fourth-order valence-corrected chi connectivity index (χ4v) is 3.01. The molecular weight excluding hydrogens is 388 g/mol. The van der Waals surface area contributed by atoms with Gasteiger partial charge in [0.05, 0.1) is 5.56 Å². The highest BCUT2D eigenvalue weighted by Gasteiger charge is 2.12. The number of carbonyl (C=O) groups is 1. The van der Waals surface area contributed by atoms with Crippen molar-refractivity contribution in [3.8, 4) is 11.5 Å². The third kappa shape index (κ3) is 5.67. The van der Waals surface area contributed by atoms with Gasteiger partial charge < -0.3 is 15.4 Å². The number of hydrogen-bond donors (Lipinski definition) is 2. The van der Waals surface area contributed by atoms with Gasteiger partial charge in [-0.3, -0.25) is 9.78 Å². The maximum Gasteiger partial charge on any atom is 0.259 e. The van der Waals surface area contributed by atoms with Crippen molar-refractivity contribution in [3.63, 3.8) is 0 Å². The highest BCUT2D eigenvalue weighted by molar-refractivity contribution is 6.07. The van der Waals surface area contributed by atoms with Crippen molar-refractivity contribution in [1.29, 1.82) is 0 Å². The number of pyridine rings is 2. The Morgan fingerprint density at radius 1 is 0.774 bits per heavy atom. The molecule has 0 aliphatic heterocycles. The van der Waals surface area contributed by atoms with Crippen LogP contribution in [0.1, 0.15) is 16.1 Å². The van der Waals surface area contributed by atoms with Gasteiger partial charge in [0.25, 0.3) is 5.91 Å². The summed E-state index contributed by atoms with van der Waals surface area (Å²) in [7, 11) is 0. The maximum atomic E-state index is 12.8. The van der Waals surface area contributed by atoms with Crippen LogP contribution in [-0.4, -0.2) is 22.4 Å². The molecule has 1 amide bonds. The Balaban J connectivity index is 1.37. The number of para-hydroxylation sites is 1. The summed E-state index contributed by atoms with van der Waals surface area (Å²) < 4.78 is 5.79. The van der Waals surface area contributed by atoms with Crippen LogP contribution in [0, 0.1) is 0 Å². The van der Waals surface area contributed by atoms with E-state index >= 15 is 0 Å². The van der Waals surface area contributed by atoms with Gasteiger partial charge in [0.1, 0.15) is 17.3 Å². The highest BCUT2D eigenvalue weighted by Crippen LogP contribution is 2.23. The van der Waals surface area contributed by atoms with E-state index in [0.717, 1.165) is 17.9 Å². The molecule has 2 heterocycles. The minimum atomic E-state index is -0.231. The van der Waals surface area contributed by atoms with Crippen molar-refractivity contribution in [2.75, 3.05) is 17.2 Å². The van der Waals surface area contributed by atoms with Gasteiger partial charge in [0.2, 0.25) is 0 Å². The molecule has 0 aliphatic carbocycles. The van der Waals surface area contributed by atoms with Gasteiger partial charge in [-0.25, -0.2) is 4.98 Å². The zero-order valence-corrected chi connectivity index (χ0v) is 16.9. The molecule has 4 aromatic rings. The monoisotopic (exact) mass is 410 g/mol. The number of anilines is 2. The standard InChI is InChI=1S/C25H22N4O2/c30-25(29-20-11-13-22(14-12-20)31-21-8-2-1-3-9-21)23-10-6-17-27-24(23)28-18-15-19-7-4-5-16-26-19/h1-14,16-17H,15,18H2,(H,27,28)(H,29,30). The Morgan fingerprint density at radius 2 is 1.52 bits per heavy atom. The van der Waals surface area contributed by atoms with E-state index in [2.05, 4.69) is 20.6 Å². The third-order valence-corrected chi connectivity index (χ3v) is 4.54. The number of nitrogens with one attached hydrogen (secondary N) is 2. The molecule has 0 atom stereocenters. The lowest BCUT2D eigenvalue weighted by Crippen LogP contribution is -2.17. The lowest BCUT2D eigenvalue weighted by molar-refractivity contribution is 0.102. The molecule has 154 valence electrons. The molecule has 0 saturated heterocycles. The molecule has 6 nitrogen and oxygen atoms in total. The van der Waals surface area contributed by atoms with Gasteiger partial charge >= 0.3 is 0 Å². The number of amides is 1. The summed E-state index contributed by atoms with van der Waals surface area (Å²) in [6.07, 6.45) is 4.17. The predicted octanol–water partition coefficient (Wildman–Crippen LogP) is 5.18. The third-order valence-electron chi connectivity index (χ3n) is 4.54. The Morgan fingerprint density at radius 3 is 2.29 bits per heavy atom. The van der Waals surface area contributed by atoms with Crippen molar-refractivity contribution < 1.29 is 9.53 Å². The topological polar surface area (TPSA) is 76.1 Å². The molecular formula is C25H22N4O2. The average Bonchev–Trinajstić information content (AvgIpc) is 2.82. The zero-order chi connectivity index (χ0) is 21.3. The first kappa shape index (κ1) is 20.1. The molecule has 2 aromatic carbocycles. The Labute approximate surface area is 181 Å². The molecule has 0 spiro atoms. The lowest BCUT2D eigenvalue weighted by atomic mass is 10.2. The molecule has 0 bridgehead atoms. The smallest absolute Gasteiger partial charge is 0.259 e. The molecule has 31 heavy (non-hydrogen) atoms. The van der Waals surface area contributed by atoms with E-state index in [-0.39, 0.29) is 5.91 Å². The van der Waals surface area contributed by atoms with Crippen LogP contribution in [-0.2, 0) is 6.42 Å². The molecule has 0 saturated carbocycles. The fourth-order valence-electron chi connectivity index (χ4n) is 3.01. The van der Waals surface area contributed by atoms with E-state index in [1.54, 1.807) is 36.7 Å². The van der Waals surface area contributed by atoms with Crippen molar-refractivity contribution in [3.05, 3.63) is 109 Å². The quantitative estimate of drug-likeness (QED) is 0.419. The number of aromatic nitrogens is 2. The molecule has 0 aliphatic rings. The fraction of sp³-hybridized carbons (Fsp3) is 0.0800. The number of ether oxygens (including phenoxy) is 1. The van der Waals surface area contributed by atoms with Gasteiger partial charge in [-0.15, -0.1) is 0 Å². The second-order valence-electron chi connectivity index (χ2n) is 6.79. The Kier molecular flexibility index (Phi) is 6.50. The molecule has 6 heteroatoms. The van der Waals surface area contributed by atoms with E-state index in [9.17, 15) is 4.79 Å². The molecule has 2 N–H and O–H groups in total. The summed E-state index contributed by atoms with van der Waals surface area (Å²) in [6.45, 7) is 0.625. The van der Waals surface area contributed by atoms with Gasteiger partial charge in [-0.05, 0) is 60.7 Å². The number of benzene rings is 2. The summed E-state index contributed by atoms with van der Waals surface area (Å²) in [4.78, 5) is 21.4. The first-order valence-corrected chi connectivity index (χ1v) is 10.0. The summed E-state index contributed by atoms with van der Waals surface area (Å²) in [5, 5.41) is 6.14. The van der Waals surface area contributed by atoms with Crippen LogP contribution < -0.4 is 15.4 Å². The van der Waals surface area contributed by atoms with Crippen LogP contribution >= 0.6 is 0 Å². The lowest BCUT2D eigenvalue weighted by Gasteiger charge is -2.12. The summed E-state index contributed by atoms with van der Waals surface area (Å²) >= 11 is 0. The van der Waals surface area contributed by atoms with Crippen molar-refractivity contribution in [1.82, 2.24) is 9.97 Å². The second-order valence-corrected chi connectivity index (χ2v) is 6.79. The number of carbonyl (C=O) groups excluding carboxylic acids is 1. The number of rotatable bonds is 8. The summed E-state index contributed by atoms with van der Waals surface area (Å²) in [5.41, 5.74) is 2.14. The van der Waals surface area contributed by atoms with Gasteiger partial charge in [-0.2, -0.15) is 0 Å². The van der Waals surface area contributed by atoms with E-state index in [4.69, 9.17) is 4.74 Å². The Hall–Kier alpha value is -4.19. The minimum Gasteiger partial charge on any atom is -0.457 e. The largest absolute Gasteiger partial charge is 0.457 e. The minimum absolute atomic E-state index is 0.231. The van der Waals surface area contributed by atoms with Gasteiger partial charge in [0.15, 0.2) is 0 Å². The number of hydrogen-bond acceptors (Lipinski definition) is 5. The molecule has 4 rings (SSSR count). The predicted molar refractivity (Wildman–Crippen MR) is 122 cm³/mol. The van der Waals surface area contributed by atoms with Crippen LogP contribution in [0.5, 0.6) is 11.5 Å². The van der Waals surface area contributed by atoms with E-state index in [1.807, 2.05) is 60.7 Å². The maximum absolute atomic E-state index is 12.8. The molecule has 0 fully saturated rings. The first-order valence-electron chi connectivity index (χ1n) is 10.0. The highest BCUT2D eigenvalue weighted by atomic mass is 16.5. The molecule has 2 aromatic heterocycles. The number of nitrogens with zero attached hydrogens (tertiary/aromatic N) is 2. The van der Waals surface area contributed by atoms with Crippen LogP contribution in [0.15, 0.2) is 97.3 Å². The summed E-state index contributed by atoms with van der Waals surface area (Å²) in [5.74, 6) is 1.77. The van der Waals surface area contributed by atoms with Crippen LogP contribution in [0.25, 0.3) is 0 Å². The van der Waals surface area contributed by atoms with E-state index in [1.165, 1.54) is 0 Å². The molecule has 0 unspecified atom stereocenters. The van der Waals surface area contributed by atoms with E-state index < -0.39 is 0 Å². The second kappa shape index (κ2) is 10.0. The summed E-state index contributed by atoms with van der Waals surface area (Å²) in [6, 6.07) is 26.1. The van der Waals surface area contributed by atoms with Crippen LogP contribution in [0.2, 0.25) is 0 Å². The first-order chi connectivity index (χ1) is 15.3. The van der Waals surface area contributed by atoms with Crippen LogP contribution in [0.3, 0.4) is 0 Å². The van der Waals surface area contributed by atoms with Gasteiger partial charge in [0, 0.05) is 36.7 Å². The molecule has 0 radical (unpaired) electrons. The Bertz CT molecular complexity index is 1120. The van der Waals surface area contributed by atoms with Crippen molar-refractivity contribution in [2.24, 2.45) is 0 Å². The SMILES string of the molecule is O=C(Nc1ccc(Oc2ccccc2)cc1)c1cccnc1NCCc1ccccn1. The van der Waals surface area contributed by atoms with Crippen molar-refractivity contribution in [2.45, 2.75) is 6.42 Å². The van der Waals surface area contributed by atoms with Crippen LogP contribution in [0.4, 0.5) is 11.5 Å². The normalized spacial score (nSPS) is 10.3.